The van der Waals surface area contributed by atoms with Gasteiger partial charge in [0.05, 0.1) is 19.1 Å². The molecule has 0 bridgehead atoms. The number of hydrogen-bond acceptors (Lipinski definition) is 3. The quantitative estimate of drug-likeness (QED) is 0.900. The Morgan fingerprint density at radius 2 is 1.95 bits per heavy atom. The number of aryl methyl sites for hydroxylation is 2. The molecule has 1 aliphatic heterocycles. The van der Waals surface area contributed by atoms with Gasteiger partial charge in [-0.15, -0.1) is 0 Å². The molecule has 4 heteroatoms. The average Bonchev–Trinajstić information content (AvgIpc) is 2.75. The lowest BCUT2D eigenvalue weighted by molar-refractivity contribution is -0.143. The standard InChI is InChI=1S/C15H21NO3/c1-10-4-11(2)6-12(5-10)7-16(3)14-9-19-8-13(14)15(17)18/h4-6,13-14H,7-9H2,1-3H3,(H,17,18). The summed E-state index contributed by atoms with van der Waals surface area (Å²) in [6, 6.07) is 6.39. The van der Waals surface area contributed by atoms with Crippen molar-refractivity contribution in [3.05, 3.63) is 34.9 Å². The van der Waals surface area contributed by atoms with Gasteiger partial charge in [0.15, 0.2) is 0 Å². The molecule has 0 amide bonds. The minimum atomic E-state index is -0.769. The number of aliphatic carboxylic acids is 1. The van der Waals surface area contributed by atoms with Crippen LogP contribution in [0.15, 0.2) is 18.2 Å². The maximum absolute atomic E-state index is 11.2. The summed E-state index contributed by atoms with van der Waals surface area (Å²) in [6.45, 7) is 5.72. The van der Waals surface area contributed by atoms with Crippen LogP contribution in [0.5, 0.6) is 0 Å². The first-order valence-electron chi connectivity index (χ1n) is 6.55. The second-order valence-electron chi connectivity index (χ2n) is 5.46. The third kappa shape index (κ3) is 3.33. The molecular weight excluding hydrogens is 242 g/mol. The van der Waals surface area contributed by atoms with Crippen molar-refractivity contribution < 1.29 is 14.6 Å². The minimum Gasteiger partial charge on any atom is -0.481 e. The van der Waals surface area contributed by atoms with Gasteiger partial charge in [0.25, 0.3) is 0 Å². The van der Waals surface area contributed by atoms with Crippen molar-refractivity contribution in [1.82, 2.24) is 4.90 Å². The Bertz CT molecular complexity index is 452. The van der Waals surface area contributed by atoms with Crippen molar-refractivity contribution in [2.45, 2.75) is 26.4 Å². The van der Waals surface area contributed by atoms with E-state index in [-0.39, 0.29) is 6.04 Å². The first-order chi connectivity index (χ1) is 8.97. The van der Waals surface area contributed by atoms with Crippen LogP contribution in [0, 0.1) is 19.8 Å². The van der Waals surface area contributed by atoms with E-state index in [1.807, 2.05) is 7.05 Å². The van der Waals surface area contributed by atoms with Gasteiger partial charge in [-0.05, 0) is 26.5 Å². The van der Waals surface area contributed by atoms with Crippen LogP contribution in [0.2, 0.25) is 0 Å². The Labute approximate surface area is 114 Å². The van der Waals surface area contributed by atoms with Gasteiger partial charge in [-0.25, -0.2) is 0 Å². The Kier molecular flexibility index (Phi) is 4.22. The van der Waals surface area contributed by atoms with E-state index in [2.05, 4.69) is 36.9 Å². The molecule has 0 aromatic heterocycles. The van der Waals surface area contributed by atoms with Crippen molar-refractivity contribution in [1.29, 1.82) is 0 Å². The number of carbonyl (C=O) groups is 1. The Morgan fingerprint density at radius 1 is 1.32 bits per heavy atom. The molecule has 2 rings (SSSR count). The SMILES string of the molecule is Cc1cc(C)cc(CN(C)C2COCC2C(=O)O)c1. The molecule has 0 radical (unpaired) electrons. The maximum atomic E-state index is 11.2. The Hall–Kier alpha value is -1.39. The highest BCUT2D eigenvalue weighted by Gasteiger charge is 2.36. The molecule has 19 heavy (non-hydrogen) atoms. The lowest BCUT2D eigenvalue weighted by Gasteiger charge is -2.26. The predicted octanol–water partition coefficient (Wildman–Crippen LogP) is 1.83. The highest BCUT2D eigenvalue weighted by Crippen LogP contribution is 2.21. The first-order valence-corrected chi connectivity index (χ1v) is 6.55. The summed E-state index contributed by atoms with van der Waals surface area (Å²) in [5.41, 5.74) is 3.69. The zero-order valence-electron chi connectivity index (χ0n) is 11.7. The predicted molar refractivity (Wildman–Crippen MR) is 73.1 cm³/mol. The number of carboxylic acids is 1. The highest BCUT2D eigenvalue weighted by molar-refractivity contribution is 5.71. The van der Waals surface area contributed by atoms with E-state index in [9.17, 15) is 9.90 Å². The normalized spacial score (nSPS) is 22.9. The van der Waals surface area contributed by atoms with Crippen LogP contribution in [0.25, 0.3) is 0 Å². The fraction of sp³-hybridized carbons (Fsp3) is 0.533. The third-order valence-corrected chi connectivity index (χ3v) is 3.65. The number of likely N-dealkylation sites (N-methyl/N-ethyl adjacent to an activating group) is 1. The molecule has 2 unspecified atom stereocenters. The topological polar surface area (TPSA) is 49.8 Å². The van der Waals surface area contributed by atoms with E-state index in [4.69, 9.17) is 4.74 Å². The summed E-state index contributed by atoms with van der Waals surface area (Å²) in [5.74, 6) is -1.19. The van der Waals surface area contributed by atoms with Gasteiger partial charge in [-0.1, -0.05) is 29.3 Å². The molecule has 104 valence electrons. The van der Waals surface area contributed by atoms with Crippen molar-refractivity contribution in [2.24, 2.45) is 5.92 Å². The van der Waals surface area contributed by atoms with Gasteiger partial charge in [0.2, 0.25) is 0 Å². The van der Waals surface area contributed by atoms with E-state index >= 15 is 0 Å². The molecule has 1 fully saturated rings. The van der Waals surface area contributed by atoms with Gasteiger partial charge in [-0.2, -0.15) is 0 Å². The molecule has 0 aliphatic carbocycles. The number of nitrogens with zero attached hydrogens (tertiary/aromatic N) is 1. The van der Waals surface area contributed by atoms with Gasteiger partial charge < -0.3 is 9.84 Å². The summed E-state index contributed by atoms with van der Waals surface area (Å²) in [6.07, 6.45) is 0. The van der Waals surface area contributed by atoms with E-state index in [1.54, 1.807) is 0 Å². The third-order valence-electron chi connectivity index (χ3n) is 3.65. The van der Waals surface area contributed by atoms with Crippen molar-refractivity contribution in [3.63, 3.8) is 0 Å². The molecule has 1 aromatic carbocycles. The summed E-state index contributed by atoms with van der Waals surface area (Å²) >= 11 is 0. The van der Waals surface area contributed by atoms with E-state index in [0.717, 1.165) is 6.54 Å². The van der Waals surface area contributed by atoms with Crippen LogP contribution in [-0.2, 0) is 16.1 Å². The zero-order chi connectivity index (χ0) is 14.0. The van der Waals surface area contributed by atoms with Crippen molar-refractivity contribution in [3.8, 4) is 0 Å². The summed E-state index contributed by atoms with van der Waals surface area (Å²) in [7, 11) is 1.97. The number of ether oxygens (including phenoxy) is 1. The number of benzene rings is 1. The first kappa shape index (κ1) is 14.0. The van der Waals surface area contributed by atoms with Gasteiger partial charge >= 0.3 is 5.97 Å². The van der Waals surface area contributed by atoms with Gasteiger partial charge in [0, 0.05) is 12.6 Å². The summed E-state index contributed by atoms with van der Waals surface area (Å²) in [4.78, 5) is 13.3. The number of carboxylic acid groups (broad SMARTS) is 1. The van der Waals surface area contributed by atoms with Crippen molar-refractivity contribution >= 4 is 5.97 Å². The van der Waals surface area contributed by atoms with Crippen LogP contribution in [0.3, 0.4) is 0 Å². The second kappa shape index (κ2) is 5.72. The minimum absolute atomic E-state index is 0.0432. The summed E-state index contributed by atoms with van der Waals surface area (Å²) < 4.78 is 5.31. The Balaban J connectivity index is 2.08. The molecule has 1 aromatic rings. The fourth-order valence-corrected chi connectivity index (χ4v) is 2.78. The molecule has 2 atom stereocenters. The van der Waals surface area contributed by atoms with Gasteiger partial charge in [-0.3, -0.25) is 9.69 Å². The molecule has 1 heterocycles. The molecule has 1 N–H and O–H groups in total. The lowest BCUT2D eigenvalue weighted by Crippen LogP contribution is -2.40. The van der Waals surface area contributed by atoms with E-state index in [1.165, 1.54) is 16.7 Å². The van der Waals surface area contributed by atoms with Crippen LogP contribution in [0.1, 0.15) is 16.7 Å². The molecule has 0 spiro atoms. The van der Waals surface area contributed by atoms with Crippen LogP contribution >= 0.6 is 0 Å². The molecule has 0 saturated carbocycles. The van der Waals surface area contributed by atoms with Crippen molar-refractivity contribution in [2.75, 3.05) is 20.3 Å². The summed E-state index contributed by atoms with van der Waals surface area (Å²) in [5, 5.41) is 9.18. The molecule has 4 nitrogen and oxygen atoms in total. The maximum Gasteiger partial charge on any atom is 0.310 e. The largest absolute Gasteiger partial charge is 0.481 e. The van der Waals surface area contributed by atoms with Crippen LogP contribution < -0.4 is 0 Å². The Morgan fingerprint density at radius 3 is 2.53 bits per heavy atom. The molecule has 1 saturated heterocycles. The van der Waals surface area contributed by atoms with Crippen LogP contribution in [-0.4, -0.2) is 42.3 Å². The highest BCUT2D eigenvalue weighted by atomic mass is 16.5. The van der Waals surface area contributed by atoms with Crippen LogP contribution in [0.4, 0.5) is 0 Å². The average molecular weight is 263 g/mol. The van der Waals surface area contributed by atoms with E-state index in [0.29, 0.717) is 13.2 Å². The number of rotatable bonds is 4. The molecular formula is C15H21NO3. The van der Waals surface area contributed by atoms with E-state index < -0.39 is 11.9 Å². The monoisotopic (exact) mass is 263 g/mol. The molecule has 1 aliphatic rings. The fourth-order valence-electron chi connectivity index (χ4n) is 2.78. The zero-order valence-corrected chi connectivity index (χ0v) is 11.7. The van der Waals surface area contributed by atoms with Gasteiger partial charge in [0.1, 0.15) is 0 Å². The number of hydrogen-bond donors (Lipinski definition) is 1. The second-order valence-corrected chi connectivity index (χ2v) is 5.46. The smallest absolute Gasteiger partial charge is 0.310 e. The lowest BCUT2D eigenvalue weighted by atomic mass is 10.0.